The standard InChI is InChI=1S/C15H24N2O2.C2HF3O2/c16-7-6-14-2-4-15(5-3-14)19-11-1-8-17-9-12-18-13-10-17;3-2(4,5)1(6)7/h2-5H,1,6-13,16H2;(H,6,7). The summed E-state index contributed by atoms with van der Waals surface area (Å²) in [6.07, 6.45) is -3.10. The molecule has 9 heteroatoms. The predicted molar refractivity (Wildman–Crippen MR) is 90.3 cm³/mol. The van der Waals surface area contributed by atoms with Gasteiger partial charge in [0.25, 0.3) is 0 Å². The van der Waals surface area contributed by atoms with E-state index in [0.717, 1.165) is 58.0 Å². The van der Waals surface area contributed by atoms with Crippen LogP contribution >= 0.6 is 0 Å². The van der Waals surface area contributed by atoms with Crippen LogP contribution in [0, 0.1) is 0 Å². The lowest BCUT2D eigenvalue weighted by Crippen LogP contribution is -2.37. The molecule has 0 atom stereocenters. The number of morpholine rings is 1. The first kappa shape index (κ1) is 22.2. The number of hydrogen-bond acceptors (Lipinski definition) is 5. The Morgan fingerprint density at radius 2 is 1.81 bits per heavy atom. The molecule has 0 saturated carbocycles. The first-order chi connectivity index (χ1) is 12.3. The lowest BCUT2D eigenvalue weighted by atomic mass is 10.1. The van der Waals surface area contributed by atoms with E-state index in [-0.39, 0.29) is 0 Å². The van der Waals surface area contributed by atoms with Crippen LogP contribution in [0.2, 0.25) is 0 Å². The molecule has 0 spiro atoms. The van der Waals surface area contributed by atoms with Crippen molar-refractivity contribution in [2.45, 2.75) is 19.0 Å². The Labute approximate surface area is 150 Å². The molecule has 0 aromatic heterocycles. The summed E-state index contributed by atoms with van der Waals surface area (Å²) in [5, 5.41) is 7.12. The third-order valence-corrected chi connectivity index (χ3v) is 3.59. The number of halogens is 3. The molecule has 6 nitrogen and oxygen atoms in total. The molecule has 148 valence electrons. The van der Waals surface area contributed by atoms with E-state index in [1.165, 1.54) is 5.56 Å². The van der Waals surface area contributed by atoms with Crippen LogP contribution < -0.4 is 10.5 Å². The minimum atomic E-state index is -5.08. The van der Waals surface area contributed by atoms with Crippen molar-refractivity contribution in [2.75, 3.05) is 46.0 Å². The van der Waals surface area contributed by atoms with E-state index in [1.807, 2.05) is 12.1 Å². The highest BCUT2D eigenvalue weighted by atomic mass is 19.4. The van der Waals surface area contributed by atoms with E-state index in [4.69, 9.17) is 25.1 Å². The average Bonchev–Trinajstić information content (AvgIpc) is 2.61. The van der Waals surface area contributed by atoms with Crippen LogP contribution in [0.3, 0.4) is 0 Å². The summed E-state index contributed by atoms with van der Waals surface area (Å²) < 4.78 is 42.8. The van der Waals surface area contributed by atoms with Crippen molar-refractivity contribution in [3.63, 3.8) is 0 Å². The Balaban J connectivity index is 0.000000412. The van der Waals surface area contributed by atoms with Gasteiger partial charge in [0.15, 0.2) is 0 Å². The van der Waals surface area contributed by atoms with Gasteiger partial charge in [-0.3, -0.25) is 4.90 Å². The van der Waals surface area contributed by atoms with Crippen LogP contribution in [0.25, 0.3) is 0 Å². The molecular formula is C17H25F3N2O4. The molecule has 3 N–H and O–H groups in total. The fourth-order valence-corrected chi connectivity index (χ4v) is 2.22. The zero-order valence-corrected chi connectivity index (χ0v) is 14.5. The number of alkyl halides is 3. The fraction of sp³-hybridized carbons (Fsp3) is 0.588. The molecule has 1 aromatic rings. The van der Waals surface area contributed by atoms with Crippen LogP contribution in [0.1, 0.15) is 12.0 Å². The Morgan fingerprint density at radius 3 is 2.31 bits per heavy atom. The van der Waals surface area contributed by atoms with E-state index in [2.05, 4.69) is 17.0 Å². The van der Waals surface area contributed by atoms with Gasteiger partial charge in [-0.25, -0.2) is 4.79 Å². The van der Waals surface area contributed by atoms with Crippen molar-refractivity contribution < 1.29 is 32.5 Å². The minimum Gasteiger partial charge on any atom is -0.494 e. The number of hydrogen-bond donors (Lipinski definition) is 2. The maximum absolute atomic E-state index is 10.6. The third kappa shape index (κ3) is 9.59. The number of carbonyl (C=O) groups is 1. The zero-order chi connectivity index (χ0) is 19.4. The summed E-state index contributed by atoms with van der Waals surface area (Å²) in [6, 6.07) is 8.23. The Hall–Kier alpha value is -1.84. The molecule has 0 bridgehead atoms. The summed E-state index contributed by atoms with van der Waals surface area (Å²) in [7, 11) is 0. The lowest BCUT2D eigenvalue weighted by molar-refractivity contribution is -0.192. The van der Waals surface area contributed by atoms with Gasteiger partial charge in [-0.2, -0.15) is 13.2 Å². The molecule has 26 heavy (non-hydrogen) atoms. The topological polar surface area (TPSA) is 85.0 Å². The van der Waals surface area contributed by atoms with Crippen LogP contribution in [0.15, 0.2) is 24.3 Å². The highest BCUT2D eigenvalue weighted by Crippen LogP contribution is 2.13. The van der Waals surface area contributed by atoms with Crippen molar-refractivity contribution in [3.8, 4) is 5.75 Å². The Kier molecular flexibility index (Phi) is 10.0. The molecule has 0 unspecified atom stereocenters. The summed E-state index contributed by atoms with van der Waals surface area (Å²) in [5.41, 5.74) is 6.79. The van der Waals surface area contributed by atoms with Gasteiger partial charge < -0.3 is 20.3 Å². The van der Waals surface area contributed by atoms with Crippen LogP contribution in [-0.4, -0.2) is 68.2 Å². The summed E-state index contributed by atoms with van der Waals surface area (Å²) >= 11 is 0. The number of nitrogens with zero attached hydrogens (tertiary/aromatic N) is 1. The first-order valence-corrected chi connectivity index (χ1v) is 8.35. The van der Waals surface area contributed by atoms with Crippen LogP contribution in [-0.2, 0) is 16.0 Å². The van der Waals surface area contributed by atoms with Gasteiger partial charge in [-0.15, -0.1) is 0 Å². The van der Waals surface area contributed by atoms with Crippen molar-refractivity contribution in [1.82, 2.24) is 4.90 Å². The van der Waals surface area contributed by atoms with Crippen molar-refractivity contribution >= 4 is 5.97 Å². The maximum Gasteiger partial charge on any atom is 0.490 e. The number of carboxylic acid groups (broad SMARTS) is 1. The molecule has 1 fully saturated rings. The van der Waals surface area contributed by atoms with E-state index >= 15 is 0 Å². The number of rotatable bonds is 7. The van der Waals surface area contributed by atoms with Crippen LogP contribution in [0.5, 0.6) is 5.75 Å². The van der Waals surface area contributed by atoms with Gasteiger partial charge in [0.1, 0.15) is 5.75 Å². The third-order valence-electron chi connectivity index (χ3n) is 3.59. The second-order valence-electron chi connectivity index (χ2n) is 5.64. The van der Waals surface area contributed by atoms with Crippen molar-refractivity contribution in [2.24, 2.45) is 5.73 Å². The molecule has 1 saturated heterocycles. The normalized spacial score (nSPS) is 15.1. The fourth-order valence-electron chi connectivity index (χ4n) is 2.22. The second-order valence-corrected chi connectivity index (χ2v) is 5.64. The molecular weight excluding hydrogens is 353 g/mol. The van der Waals surface area contributed by atoms with Crippen molar-refractivity contribution in [3.05, 3.63) is 29.8 Å². The minimum absolute atomic E-state index is 0.694. The SMILES string of the molecule is NCCc1ccc(OCCCN2CCOCC2)cc1.O=C(O)C(F)(F)F. The van der Waals surface area contributed by atoms with Gasteiger partial charge in [0, 0.05) is 19.6 Å². The molecule has 1 aromatic carbocycles. The van der Waals surface area contributed by atoms with E-state index in [0.29, 0.717) is 6.54 Å². The summed E-state index contributed by atoms with van der Waals surface area (Å²) in [4.78, 5) is 11.3. The predicted octanol–water partition coefficient (Wildman–Crippen LogP) is 1.92. The number of carboxylic acids is 1. The monoisotopic (exact) mass is 378 g/mol. The first-order valence-electron chi connectivity index (χ1n) is 8.35. The molecule has 1 aliphatic rings. The number of ether oxygens (including phenoxy) is 2. The van der Waals surface area contributed by atoms with Gasteiger partial charge in [-0.1, -0.05) is 12.1 Å². The second kappa shape index (κ2) is 11.7. The Bertz CT molecular complexity index is 518. The van der Waals surface area contributed by atoms with Gasteiger partial charge >= 0.3 is 12.1 Å². The number of benzene rings is 1. The molecule has 0 amide bonds. The molecule has 1 aliphatic heterocycles. The molecule has 2 rings (SSSR count). The highest BCUT2D eigenvalue weighted by Gasteiger charge is 2.38. The maximum atomic E-state index is 10.6. The van der Waals surface area contributed by atoms with Crippen molar-refractivity contribution in [1.29, 1.82) is 0 Å². The smallest absolute Gasteiger partial charge is 0.490 e. The Morgan fingerprint density at radius 1 is 1.23 bits per heavy atom. The lowest BCUT2D eigenvalue weighted by Gasteiger charge is -2.26. The van der Waals surface area contributed by atoms with E-state index in [9.17, 15) is 13.2 Å². The van der Waals surface area contributed by atoms with E-state index < -0.39 is 12.1 Å². The molecule has 1 heterocycles. The van der Waals surface area contributed by atoms with Gasteiger partial charge in [0.05, 0.1) is 19.8 Å². The van der Waals surface area contributed by atoms with Crippen LogP contribution in [0.4, 0.5) is 13.2 Å². The number of aliphatic carboxylic acids is 1. The molecule has 0 radical (unpaired) electrons. The number of nitrogens with two attached hydrogens (primary N) is 1. The zero-order valence-electron chi connectivity index (χ0n) is 14.5. The summed E-state index contributed by atoms with van der Waals surface area (Å²) in [5.74, 6) is -1.81. The van der Waals surface area contributed by atoms with E-state index in [1.54, 1.807) is 0 Å². The van der Waals surface area contributed by atoms with Gasteiger partial charge in [0.2, 0.25) is 0 Å². The largest absolute Gasteiger partial charge is 0.494 e. The van der Waals surface area contributed by atoms with Gasteiger partial charge in [-0.05, 0) is 37.1 Å². The quantitative estimate of drug-likeness (QED) is 0.706. The summed E-state index contributed by atoms with van der Waals surface area (Å²) in [6.45, 7) is 6.39. The highest BCUT2D eigenvalue weighted by molar-refractivity contribution is 5.73. The molecule has 0 aliphatic carbocycles. The average molecular weight is 378 g/mol.